The number of nitrogens with one attached hydrogen (secondary N) is 3. The number of carbonyl (C=O) groups is 2. The number of hydrogen-bond acceptors (Lipinski definition) is 8. The van der Waals surface area contributed by atoms with Gasteiger partial charge in [-0.05, 0) is 43.3 Å². The molecule has 1 aromatic heterocycles. The number of nitriles is 1. The lowest BCUT2D eigenvalue weighted by Gasteiger charge is -2.10. The third-order valence-electron chi connectivity index (χ3n) is 5.29. The molecule has 0 aliphatic carbocycles. The van der Waals surface area contributed by atoms with Crippen LogP contribution in [0.5, 0.6) is 0 Å². The van der Waals surface area contributed by atoms with E-state index in [1.165, 1.54) is 24.3 Å². The van der Waals surface area contributed by atoms with Gasteiger partial charge in [0.25, 0.3) is 22.9 Å². The van der Waals surface area contributed by atoms with E-state index < -0.39 is 22.2 Å². The number of amides is 1. The number of nitro benzene ring substituents is 1. The van der Waals surface area contributed by atoms with Crippen molar-refractivity contribution in [2.45, 2.75) is 6.92 Å². The van der Waals surface area contributed by atoms with Gasteiger partial charge in [-0.1, -0.05) is 29.8 Å². The number of nitro groups is 1. The highest BCUT2D eigenvalue weighted by Crippen LogP contribution is 2.24. The Balaban J connectivity index is 1.60. The zero-order valence-corrected chi connectivity index (χ0v) is 19.3. The third-order valence-corrected chi connectivity index (χ3v) is 5.29. The van der Waals surface area contributed by atoms with Gasteiger partial charge in [0.15, 0.2) is 0 Å². The van der Waals surface area contributed by atoms with Crippen LogP contribution in [-0.2, 0) is 4.79 Å². The summed E-state index contributed by atoms with van der Waals surface area (Å²) in [4.78, 5) is 54.7. The summed E-state index contributed by atoms with van der Waals surface area (Å²) in [7, 11) is 0. The number of aromatic nitrogens is 2. The maximum absolute atomic E-state index is 12.6. The Labute approximate surface area is 209 Å². The van der Waals surface area contributed by atoms with E-state index in [9.17, 15) is 29.8 Å². The van der Waals surface area contributed by atoms with Crippen LogP contribution in [0.3, 0.4) is 0 Å². The predicted molar refractivity (Wildman–Crippen MR) is 136 cm³/mol. The Kier molecular flexibility index (Phi) is 6.84. The molecule has 3 aromatic carbocycles. The molecule has 0 saturated carbocycles. The molecule has 1 amide bonds. The number of H-pyrrole nitrogens is 1. The minimum Gasteiger partial charge on any atom is -0.326 e. The van der Waals surface area contributed by atoms with E-state index in [0.717, 1.165) is 17.7 Å². The van der Waals surface area contributed by atoms with Crippen molar-refractivity contribution in [3.8, 4) is 17.3 Å². The van der Waals surface area contributed by atoms with Crippen LogP contribution in [0.4, 0.5) is 23.0 Å². The number of aryl methyl sites for hydroxylation is 1. The molecule has 4 rings (SSSR count). The number of non-ortho nitro benzene ring substituents is 1. The van der Waals surface area contributed by atoms with E-state index >= 15 is 0 Å². The Hall–Kier alpha value is -5.63. The molecule has 37 heavy (non-hydrogen) atoms. The fourth-order valence-electron chi connectivity index (χ4n) is 3.42. The van der Waals surface area contributed by atoms with Crippen molar-refractivity contribution in [2.75, 3.05) is 10.6 Å². The van der Waals surface area contributed by atoms with Gasteiger partial charge in [0, 0.05) is 34.6 Å². The lowest BCUT2D eigenvalue weighted by atomic mass is 10.1. The van der Waals surface area contributed by atoms with Gasteiger partial charge in [-0.25, -0.2) is 4.98 Å². The number of aromatic amines is 1. The second-order valence-corrected chi connectivity index (χ2v) is 7.91. The molecule has 0 aliphatic rings. The van der Waals surface area contributed by atoms with Gasteiger partial charge in [0.2, 0.25) is 5.95 Å². The van der Waals surface area contributed by atoms with Crippen molar-refractivity contribution in [3.05, 3.63) is 110 Å². The van der Waals surface area contributed by atoms with Crippen LogP contribution in [0.1, 0.15) is 21.5 Å². The minimum atomic E-state index is -0.966. The molecule has 0 aliphatic heterocycles. The zero-order chi connectivity index (χ0) is 26.5. The first-order valence-corrected chi connectivity index (χ1v) is 10.8. The number of hydrogen-bond donors (Lipinski definition) is 3. The first-order valence-electron chi connectivity index (χ1n) is 10.8. The van der Waals surface area contributed by atoms with E-state index in [2.05, 4.69) is 20.6 Å². The summed E-state index contributed by atoms with van der Waals surface area (Å²) < 4.78 is 0. The number of ketones is 1. The van der Waals surface area contributed by atoms with Gasteiger partial charge < -0.3 is 10.6 Å². The summed E-state index contributed by atoms with van der Waals surface area (Å²) in [5.41, 5.74) is 1.29. The van der Waals surface area contributed by atoms with Crippen LogP contribution in [0, 0.1) is 28.4 Å². The molecule has 182 valence electrons. The van der Waals surface area contributed by atoms with Crippen molar-refractivity contribution in [1.82, 2.24) is 9.97 Å². The Bertz CT molecular complexity index is 1620. The Morgan fingerprint density at radius 3 is 2.38 bits per heavy atom. The second-order valence-electron chi connectivity index (χ2n) is 7.91. The van der Waals surface area contributed by atoms with Crippen molar-refractivity contribution >= 4 is 34.7 Å². The van der Waals surface area contributed by atoms with Gasteiger partial charge in [0.05, 0.1) is 10.6 Å². The highest BCUT2D eigenvalue weighted by atomic mass is 16.6. The normalized spacial score (nSPS) is 10.3. The fraction of sp³-hybridized carbons (Fsp3) is 0.0385. The summed E-state index contributed by atoms with van der Waals surface area (Å²) in [5.74, 6) is -1.74. The highest BCUT2D eigenvalue weighted by Gasteiger charge is 2.19. The molecule has 0 saturated heterocycles. The van der Waals surface area contributed by atoms with Crippen molar-refractivity contribution in [3.63, 3.8) is 0 Å². The van der Waals surface area contributed by atoms with Crippen LogP contribution in [-0.4, -0.2) is 26.6 Å². The molecule has 1 heterocycles. The maximum atomic E-state index is 12.6. The van der Waals surface area contributed by atoms with Crippen LogP contribution in [0.15, 0.2) is 77.6 Å². The number of nitrogens with zero attached hydrogens (tertiary/aromatic N) is 3. The van der Waals surface area contributed by atoms with E-state index in [1.54, 1.807) is 12.1 Å². The molecule has 0 fully saturated rings. The smallest absolute Gasteiger partial charge is 0.296 e. The SMILES string of the molecule is Cc1ccc(Nc2nc(-c3cccc(NC(=O)C(=O)c4ccc([N+](=O)[O-])cc4)c3)c(C#N)c(=O)[nH]2)cc1. The van der Waals surface area contributed by atoms with E-state index in [-0.39, 0.29) is 34.1 Å². The highest BCUT2D eigenvalue weighted by molar-refractivity contribution is 6.46. The van der Waals surface area contributed by atoms with Gasteiger partial charge in [-0.3, -0.25) is 29.5 Å². The first kappa shape index (κ1) is 24.5. The van der Waals surface area contributed by atoms with E-state index in [0.29, 0.717) is 11.3 Å². The third kappa shape index (κ3) is 5.55. The number of benzene rings is 3. The molecule has 0 spiro atoms. The predicted octanol–water partition coefficient (Wildman–Crippen LogP) is 4.09. The molecule has 0 bridgehead atoms. The summed E-state index contributed by atoms with van der Waals surface area (Å²) in [6.07, 6.45) is 0. The van der Waals surface area contributed by atoms with E-state index in [4.69, 9.17) is 0 Å². The number of rotatable bonds is 7. The average Bonchev–Trinajstić information content (AvgIpc) is 2.89. The van der Waals surface area contributed by atoms with Crippen LogP contribution >= 0.6 is 0 Å². The van der Waals surface area contributed by atoms with Gasteiger partial charge in [-0.15, -0.1) is 0 Å². The number of carbonyl (C=O) groups excluding carboxylic acids is 2. The van der Waals surface area contributed by atoms with Crippen molar-refractivity contribution in [2.24, 2.45) is 0 Å². The molecule has 0 atom stereocenters. The Morgan fingerprint density at radius 2 is 1.73 bits per heavy atom. The van der Waals surface area contributed by atoms with Crippen molar-refractivity contribution < 1.29 is 14.5 Å². The fourth-order valence-corrected chi connectivity index (χ4v) is 3.42. The van der Waals surface area contributed by atoms with Crippen molar-refractivity contribution in [1.29, 1.82) is 5.26 Å². The quantitative estimate of drug-likeness (QED) is 0.149. The first-order chi connectivity index (χ1) is 17.7. The summed E-state index contributed by atoms with van der Waals surface area (Å²) in [5, 5.41) is 25.8. The minimum absolute atomic E-state index is 0.0193. The maximum Gasteiger partial charge on any atom is 0.296 e. The lowest BCUT2D eigenvalue weighted by Crippen LogP contribution is -2.22. The Morgan fingerprint density at radius 1 is 1.03 bits per heavy atom. The number of anilines is 3. The van der Waals surface area contributed by atoms with Gasteiger partial charge >= 0.3 is 0 Å². The molecule has 4 aromatic rings. The van der Waals surface area contributed by atoms with Crippen LogP contribution < -0.4 is 16.2 Å². The van der Waals surface area contributed by atoms with E-state index in [1.807, 2.05) is 37.3 Å². The molecule has 11 heteroatoms. The monoisotopic (exact) mass is 494 g/mol. The molecular weight excluding hydrogens is 476 g/mol. The molecule has 0 unspecified atom stereocenters. The summed E-state index contributed by atoms with van der Waals surface area (Å²) >= 11 is 0. The standard InChI is InChI=1S/C26H18N6O5/c1-15-5-9-18(10-6-15)29-26-30-22(21(14-27)24(34)31-26)17-3-2-4-19(13-17)28-25(35)23(33)16-7-11-20(12-8-16)32(36)37/h2-13H,1H3,(H,28,35)(H2,29,30,31,34). The zero-order valence-electron chi connectivity index (χ0n) is 19.3. The van der Waals surface area contributed by atoms with Crippen LogP contribution in [0.2, 0.25) is 0 Å². The largest absolute Gasteiger partial charge is 0.326 e. The molecule has 3 N–H and O–H groups in total. The van der Waals surface area contributed by atoms with Crippen LogP contribution in [0.25, 0.3) is 11.3 Å². The number of Topliss-reactive ketones (excluding diaryl/α,β-unsaturated/α-hetero) is 1. The van der Waals surface area contributed by atoms with Gasteiger partial charge in [-0.2, -0.15) is 5.26 Å². The topological polar surface area (TPSA) is 171 Å². The van der Waals surface area contributed by atoms with Gasteiger partial charge in [0.1, 0.15) is 11.6 Å². The molecule has 11 nitrogen and oxygen atoms in total. The second kappa shape index (κ2) is 10.3. The average molecular weight is 494 g/mol. The lowest BCUT2D eigenvalue weighted by molar-refractivity contribution is -0.384. The molecular formula is C26H18N6O5. The summed E-state index contributed by atoms with van der Waals surface area (Å²) in [6, 6.07) is 20.1. The molecule has 0 radical (unpaired) electrons. The summed E-state index contributed by atoms with van der Waals surface area (Å²) in [6.45, 7) is 1.94.